The Bertz CT molecular complexity index is 906. The van der Waals surface area contributed by atoms with Crippen molar-refractivity contribution in [2.45, 2.75) is 37.7 Å². The van der Waals surface area contributed by atoms with Gasteiger partial charge in [-0.3, -0.25) is 4.79 Å². The van der Waals surface area contributed by atoms with Gasteiger partial charge in [-0.15, -0.1) is 0 Å². The molecule has 29 heavy (non-hydrogen) atoms. The molecule has 1 saturated heterocycles. The van der Waals surface area contributed by atoms with E-state index in [1.54, 1.807) is 36.1 Å². The van der Waals surface area contributed by atoms with Gasteiger partial charge < -0.3 is 9.64 Å². The van der Waals surface area contributed by atoms with Gasteiger partial charge in [-0.25, -0.2) is 8.42 Å². The lowest BCUT2D eigenvalue weighted by molar-refractivity contribution is -0.139. The number of hydrogen-bond acceptors (Lipinski definition) is 4. The van der Waals surface area contributed by atoms with Gasteiger partial charge in [0.25, 0.3) is 5.91 Å². The van der Waals surface area contributed by atoms with Gasteiger partial charge in [0.2, 0.25) is 10.0 Å². The highest BCUT2D eigenvalue weighted by atomic mass is 32.2. The molecule has 7 heteroatoms. The zero-order chi connectivity index (χ0) is 20.9. The Balaban J connectivity index is 1.58. The zero-order valence-corrected chi connectivity index (χ0v) is 17.8. The molecule has 0 aromatic heterocycles. The smallest absolute Gasteiger partial charge is 0.263 e. The van der Waals surface area contributed by atoms with Gasteiger partial charge in [0, 0.05) is 26.2 Å². The van der Waals surface area contributed by atoms with Crippen molar-refractivity contribution in [1.82, 2.24) is 9.21 Å². The van der Waals surface area contributed by atoms with Crippen LogP contribution in [0.25, 0.3) is 0 Å². The predicted molar refractivity (Wildman–Crippen MR) is 112 cm³/mol. The number of carbonyl (C=O) groups is 1. The summed E-state index contributed by atoms with van der Waals surface area (Å²) in [5.41, 5.74) is 1.13. The summed E-state index contributed by atoms with van der Waals surface area (Å²) >= 11 is 0. The van der Waals surface area contributed by atoms with Crippen molar-refractivity contribution >= 4 is 15.9 Å². The van der Waals surface area contributed by atoms with Crippen LogP contribution in [-0.2, 0) is 21.2 Å². The number of amides is 1. The first kappa shape index (κ1) is 21.3. The third kappa shape index (κ3) is 5.16. The van der Waals surface area contributed by atoms with Crippen LogP contribution < -0.4 is 4.74 Å². The largest absolute Gasteiger partial charge is 0.481 e. The Morgan fingerprint density at radius 1 is 1.00 bits per heavy atom. The summed E-state index contributed by atoms with van der Waals surface area (Å²) in [6.07, 6.45) is 1.34. The van der Waals surface area contributed by atoms with E-state index in [9.17, 15) is 13.2 Å². The molecule has 1 fully saturated rings. The van der Waals surface area contributed by atoms with E-state index in [1.807, 2.05) is 30.3 Å². The normalized spacial score (nSPS) is 16.4. The van der Waals surface area contributed by atoms with Gasteiger partial charge in [0.05, 0.1) is 4.90 Å². The number of rotatable bonds is 7. The van der Waals surface area contributed by atoms with Crippen molar-refractivity contribution < 1.29 is 17.9 Å². The van der Waals surface area contributed by atoms with Crippen molar-refractivity contribution in [3.05, 3.63) is 60.2 Å². The molecule has 1 aliphatic heterocycles. The maximum absolute atomic E-state index is 12.9. The number of hydrogen-bond donors (Lipinski definition) is 0. The van der Waals surface area contributed by atoms with E-state index in [1.165, 1.54) is 4.31 Å². The molecule has 1 atom stereocenters. The molecular weight excluding hydrogens is 388 g/mol. The van der Waals surface area contributed by atoms with Crippen LogP contribution in [0.15, 0.2) is 59.5 Å². The van der Waals surface area contributed by atoms with Crippen molar-refractivity contribution in [1.29, 1.82) is 0 Å². The predicted octanol–water partition coefficient (Wildman–Crippen LogP) is 2.94. The van der Waals surface area contributed by atoms with Crippen molar-refractivity contribution in [3.8, 4) is 5.75 Å². The van der Waals surface area contributed by atoms with Gasteiger partial charge >= 0.3 is 0 Å². The molecule has 0 aliphatic carbocycles. The Kier molecular flexibility index (Phi) is 6.92. The van der Waals surface area contributed by atoms with Gasteiger partial charge in [0.1, 0.15) is 5.75 Å². The van der Waals surface area contributed by atoms with Crippen LogP contribution >= 0.6 is 0 Å². The highest BCUT2D eigenvalue weighted by molar-refractivity contribution is 7.89. The summed E-state index contributed by atoms with van der Waals surface area (Å²) in [4.78, 5) is 14.6. The van der Waals surface area contributed by atoms with Gasteiger partial charge in [0.15, 0.2) is 6.10 Å². The van der Waals surface area contributed by atoms with Gasteiger partial charge in [-0.1, -0.05) is 43.7 Å². The van der Waals surface area contributed by atoms with E-state index in [0.29, 0.717) is 23.7 Å². The molecule has 2 aromatic rings. The first-order valence-corrected chi connectivity index (χ1v) is 11.5. The molecule has 0 saturated carbocycles. The van der Waals surface area contributed by atoms with E-state index in [-0.39, 0.29) is 19.0 Å². The number of benzene rings is 2. The molecule has 0 N–H and O–H groups in total. The highest BCUT2D eigenvalue weighted by Gasteiger charge is 2.32. The monoisotopic (exact) mass is 416 g/mol. The lowest BCUT2D eigenvalue weighted by Gasteiger charge is -2.35. The minimum Gasteiger partial charge on any atom is -0.481 e. The van der Waals surface area contributed by atoms with E-state index < -0.39 is 16.1 Å². The Labute approximate surface area is 173 Å². The summed E-state index contributed by atoms with van der Waals surface area (Å²) in [5, 5.41) is 0. The molecule has 0 unspecified atom stereocenters. The second-order valence-corrected chi connectivity index (χ2v) is 9.13. The van der Waals surface area contributed by atoms with E-state index in [2.05, 4.69) is 6.92 Å². The van der Waals surface area contributed by atoms with Crippen molar-refractivity contribution in [2.75, 3.05) is 26.2 Å². The van der Waals surface area contributed by atoms with Gasteiger partial charge in [-0.05, 0) is 43.2 Å². The van der Waals surface area contributed by atoms with Crippen LogP contribution in [-0.4, -0.2) is 55.8 Å². The molecular formula is C22H28N2O4S. The number of piperazine rings is 1. The van der Waals surface area contributed by atoms with Crippen LogP contribution in [0, 0.1) is 0 Å². The molecule has 1 aliphatic rings. The SMILES string of the molecule is CCCc1ccc(S(=O)(=O)N2CCN(C(=O)[C@H](C)Oc3ccccc3)CC2)cc1. The Hall–Kier alpha value is -2.38. The summed E-state index contributed by atoms with van der Waals surface area (Å²) in [6.45, 7) is 5.09. The molecule has 0 bridgehead atoms. The number of para-hydroxylation sites is 1. The fraction of sp³-hybridized carbons (Fsp3) is 0.409. The van der Waals surface area contributed by atoms with Crippen LogP contribution in [0.2, 0.25) is 0 Å². The fourth-order valence-electron chi connectivity index (χ4n) is 3.43. The molecule has 3 rings (SSSR count). The minimum atomic E-state index is -3.55. The van der Waals surface area contributed by atoms with Crippen LogP contribution in [0.4, 0.5) is 0 Å². The maximum atomic E-state index is 12.9. The first-order valence-electron chi connectivity index (χ1n) is 10.0. The average molecular weight is 417 g/mol. The second kappa shape index (κ2) is 9.41. The summed E-state index contributed by atoms with van der Waals surface area (Å²) in [5.74, 6) is 0.510. The maximum Gasteiger partial charge on any atom is 0.263 e. The molecule has 156 valence electrons. The number of sulfonamides is 1. The topological polar surface area (TPSA) is 66.9 Å². The van der Waals surface area contributed by atoms with E-state index in [4.69, 9.17) is 4.74 Å². The lowest BCUT2D eigenvalue weighted by Crippen LogP contribution is -2.53. The fourth-order valence-corrected chi connectivity index (χ4v) is 4.85. The number of nitrogens with zero attached hydrogens (tertiary/aromatic N) is 2. The standard InChI is InChI=1S/C22H28N2O4S/c1-3-7-19-10-12-21(13-11-19)29(26,27)24-16-14-23(15-17-24)22(25)18(2)28-20-8-5-4-6-9-20/h4-6,8-13,18H,3,7,14-17H2,1-2H3/t18-/m0/s1. The first-order chi connectivity index (χ1) is 13.9. The zero-order valence-electron chi connectivity index (χ0n) is 17.0. The molecule has 2 aromatic carbocycles. The second-order valence-electron chi connectivity index (χ2n) is 7.20. The molecule has 6 nitrogen and oxygen atoms in total. The molecule has 0 spiro atoms. The minimum absolute atomic E-state index is 0.130. The van der Waals surface area contributed by atoms with Crippen LogP contribution in [0.3, 0.4) is 0 Å². The summed E-state index contributed by atoms with van der Waals surface area (Å²) in [6, 6.07) is 16.3. The van der Waals surface area contributed by atoms with Crippen LogP contribution in [0.5, 0.6) is 5.75 Å². The molecule has 0 radical (unpaired) electrons. The van der Waals surface area contributed by atoms with E-state index >= 15 is 0 Å². The van der Waals surface area contributed by atoms with Crippen LogP contribution in [0.1, 0.15) is 25.8 Å². The Morgan fingerprint density at radius 2 is 1.62 bits per heavy atom. The number of aryl methyl sites for hydroxylation is 1. The lowest BCUT2D eigenvalue weighted by atomic mass is 10.1. The summed E-state index contributed by atoms with van der Waals surface area (Å²) < 4.78 is 33.0. The van der Waals surface area contributed by atoms with Gasteiger partial charge in [-0.2, -0.15) is 4.31 Å². The average Bonchev–Trinajstić information content (AvgIpc) is 2.74. The van der Waals surface area contributed by atoms with Crippen molar-refractivity contribution in [2.24, 2.45) is 0 Å². The Morgan fingerprint density at radius 3 is 2.21 bits per heavy atom. The number of carbonyl (C=O) groups excluding carboxylic acids is 1. The third-order valence-corrected chi connectivity index (χ3v) is 6.97. The summed E-state index contributed by atoms with van der Waals surface area (Å²) in [7, 11) is -3.55. The number of ether oxygens (including phenoxy) is 1. The molecule has 1 amide bonds. The van der Waals surface area contributed by atoms with E-state index in [0.717, 1.165) is 18.4 Å². The molecule has 1 heterocycles. The van der Waals surface area contributed by atoms with Crippen molar-refractivity contribution in [3.63, 3.8) is 0 Å². The quantitative estimate of drug-likeness (QED) is 0.696. The highest BCUT2D eigenvalue weighted by Crippen LogP contribution is 2.20. The third-order valence-electron chi connectivity index (χ3n) is 5.05.